The number of rotatable bonds is 6. The molecular formula is C18H23N3O3S2. The second-order valence-electron chi connectivity index (χ2n) is 6.30. The van der Waals surface area contributed by atoms with Gasteiger partial charge in [0.25, 0.3) is 5.91 Å². The molecule has 0 spiro atoms. The molecule has 1 amide bonds. The topological polar surface area (TPSA) is 78.5 Å². The molecule has 2 aromatic rings. The molecule has 6 nitrogen and oxygen atoms in total. The summed E-state index contributed by atoms with van der Waals surface area (Å²) in [4.78, 5) is 15.7. The van der Waals surface area contributed by atoms with Crippen molar-refractivity contribution in [3.8, 4) is 0 Å². The van der Waals surface area contributed by atoms with Gasteiger partial charge < -0.3 is 10.2 Å². The standard InChI is InChI=1S/C18H23N3O3S2/c1-14-13-19-10-11-21(14)18(22)15-4-6-17(7-5-15)26(23,24)20-9-8-16-3-2-12-25-16/h2-7,12,14,19-20H,8-11,13H2,1H3/t14-/m0/s1. The molecule has 0 unspecified atom stereocenters. The van der Waals surface area contributed by atoms with Crippen molar-refractivity contribution in [1.82, 2.24) is 14.9 Å². The summed E-state index contributed by atoms with van der Waals surface area (Å²) in [5, 5.41) is 5.22. The third kappa shape index (κ3) is 4.50. The van der Waals surface area contributed by atoms with Gasteiger partial charge in [0.1, 0.15) is 0 Å². The van der Waals surface area contributed by atoms with E-state index in [1.807, 2.05) is 29.3 Å². The second kappa shape index (κ2) is 8.30. The van der Waals surface area contributed by atoms with Crippen LogP contribution in [0.2, 0.25) is 0 Å². The van der Waals surface area contributed by atoms with Crippen LogP contribution in [0.15, 0.2) is 46.7 Å². The minimum absolute atomic E-state index is 0.0615. The highest BCUT2D eigenvalue weighted by Gasteiger charge is 2.24. The molecule has 0 bridgehead atoms. The van der Waals surface area contributed by atoms with Crippen molar-refractivity contribution in [3.05, 3.63) is 52.2 Å². The number of benzene rings is 1. The van der Waals surface area contributed by atoms with Crippen LogP contribution in [0.25, 0.3) is 0 Å². The monoisotopic (exact) mass is 393 g/mol. The molecule has 140 valence electrons. The fourth-order valence-corrected chi connectivity index (χ4v) is 4.67. The van der Waals surface area contributed by atoms with Crippen molar-refractivity contribution in [1.29, 1.82) is 0 Å². The Balaban J connectivity index is 1.63. The average Bonchev–Trinajstić information content (AvgIpc) is 3.15. The van der Waals surface area contributed by atoms with E-state index >= 15 is 0 Å². The maximum atomic E-state index is 12.6. The number of carbonyl (C=O) groups excluding carboxylic acids is 1. The van der Waals surface area contributed by atoms with E-state index in [1.54, 1.807) is 23.5 Å². The fraction of sp³-hybridized carbons (Fsp3) is 0.389. The molecule has 0 aliphatic carbocycles. The van der Waals surface area contributed by atoms with Crippen molar-refractivity contribution < 1.29 is 13.2 Å². The molecule has 1 aromatic carbocycles. The predicted octanol–water partition coefficient (Wildman–Crippen LogP) is 1.70. The van der Waals surface area contributed by atoms with Crippen molar-refractivity contribution in [2.45, 2.75) is 24.3 Å². The van der Waals surface area contributed by atoms with Crippen LogP contribution < -0.4 is 10.0 Å². The lowest BCUT2D eigenvalue weighted by molar-refractivity contribution is 0.0655. The summed E-state index contributed by atoms with van der Waals surface area (Å²) in [5.74, 6) is -0.0615. The Morgan fingerprint density at radius 2 is 2.08 bits per heavy atom. The van der Waals surface area contributed by atoms with Gasteiger partial charge in [-0.05, 0) is 49.1 Å². The number of thiophene rings is 1. The van der Waals surface area contributed by atoms with Crippen LogP contribution in [0.3, 0.4) is 0 Å². The zero-order valence-electron chi connectivity index (χ0n) is 14.6. The Bertz CT molecular complexity index is 833. The first-order chi connectivity index (χ1) is 12.5. The lowest BCUT2D eigenvalue weighted by Gasteiger charge is -2.34. The van der Waals surface area contributed by atoms with Crippen molar-refractivity contribution >= 4 is 27.3 Å². The first-order valence-electron chi connectivity index (χ1n) is 8.61. The van der Waals surface area contributed by atoms with Gasteiger partial charge in [0.15, 0.2) is 0 Å². The molecule has 1 aliphatic rings. The Morgan fingerprint density at radius 1 is 1.31 bits per heavy atom. The van der Waals surface area contributed by atoms with E-state index in [0.29, 0.717) is 25.1 Å². The van der Waals surface area contributed by atoms with Crippen LogP contribution in [0.5, 0.6) is 0 Å². The van der Waals surface area contributed by atoms with E-state index in [2.05, 4.69) is 10.0 Å². The van der Waals surface area contributed by atoms with Gasteiger partial charge in [-0.2, -0.15) is 0 Å². The highest BCUT2D eigenvalue weighted by atomic mass is 32.2. The number of hydrogen-bond donors (Lipinski definition) is 2. The van der Waals surface area contributed by atoms with E-state index in [1.165, 1.54) is 12.1 Å². The summed E-state index contributed by atoms with van der Waals surface area (Å²) in [5.41, 5.74) is 0.510. The summed E-state index contributed by atoms with van der Waals surface area (Å²) < 4.78 is 27.4. The highest BCUT2D eigenvalue weighted by Crippen LogP contribution is 2.15. The Kier molecular flexibility index (Phi) is 6.08. The number of amides is 1. The molecule has 0 saturated carbocycles. The number of carbonyl (C=O) groups is 1. The highest BCUT2D eigenvalue weighted by molar-refractivity contribution is 7.89. The number of nitrogens with zero attached hydrogens (tertiary/aromatic N) is 1. The van der Waals surface area contributed by atoms with Crippen LogP contribution in [0.4, 0.5) is 0 Å². The summed E-state index contributed by atoms with van der Waals surface area (Å²) in [7, 11) is -3.57. The molecule has 2 N–H and O–H groups in total. The molecule has 1 atom stereocenters. The molecule has 1 fully saturated rings. The Labute approximate surface area is 158 Å². The van der Waals surface area contributed by atoms with E-state index in [0.717, 1.165) is 18.0 Å². The maximum absolute atomic E-state index is 12.6. The number of sulfonamides is 1. The van der Waals surface area contributed by atoms with Crippen LogP contribution in [-0.4, -0.2) is 51.4 Å². The van der Waals surface area contributed by atoms with Gasteiger partial charge in [0.2, 0.25) is 10.0 Å². The third-order valence-corrected chi connectivity index (χ3v) is 6.83. The van der Waals surface area contributed by atoms with Gasteiger partial charge >= 0.3 is 0 Å². The average molecular weight is 394 g/mol. The van der Waals surface area contributed by atoms with Crippen LogP contribution in [0, 0.1) is 0 Å². The van der Waals surface area contributed by atoms with Crippen molar-refractivity contribution in [3.63, 3.8) is 0 Å². The largest absolute Gasteiger partial charge is 0.333 e. The summed E-state index contributed by atoms with van der Waals surface area (Å²) in [6, 6.07) is 10.2. The minimum atomic E-state index is -3.57. The van der Waals surface area contributed by atoms with Crippen LogP contribution >= 0.6 is 11.3 Å². The molecule has 1 aliphatic heterocycles. The van der Waals surface area contributed by atoms with Gasteiger partial charge in [-0.3, -0.25) is 4.79 Å². The van der Waals surface area contributed by atoms with Crippen LogP contribution in [0.1, 0.15) is 22.2 Å². The minimum Gasteiger partial charge on any atom is -0.333 e. The molecule has 8 heteroatoms. The van der Waals surface area contributed by atoms with Gasteiger partial charge in [0, 0.05) is 42.7 Å². The smallest absolute Gasteiger partial charge is 0.254 e. The number of nitrogens with one attached hydrogen (secondary N) is 2. The van der Waals surface area contributed by atoms with E-state index < -0.39 is 10.0 Å². The summed E-state index contributed by atoms with van der Waals surface area (Å²) in [6.07, 6.45) is 0.661. The van der Waals surface area contributed by atoms with E-state index in [4.69, 9.17) is 0 Å². The van der Waals surface area contributed by atoms with Gasteiger partial charge in [-0.25, -0.2) is 13.1 Å². The third-order valence-electron chi connectivity index (χ3n) is 4.42. The molecule has 1 saturated heterocycles. The van der Waals surface area contributed by atoms with Crippen LogP contribution in [-0.2, 0) is 16.4 Å². The number of piperazine rings is 1. The molecule has 0 radical (unpaired) electrons. The van der Waals surface area contributed by atoms with Crippen molar-refractivity contribution in [2.75, 3.05) is 26.2 Å². The predicted molar refractivity (Wildman–Crippen MR) is 103 cm³/mol. The summed E-state index contributed by atoms with van der Waals surface area (Å²) in [6.45, 7) is 4.55. The molecule has 1 aromatic heterocycles. The second-order valence-corrected chi connectivity index (χ2v) is 9.10. The number of hydrogen-bond acceptors (Lipinski definition) is 5. The van der Waals surface area contributed by atoms with Gasteiger partial charge in [0.05, 0.1) is 4.90 Å². The molecule has 3 rings (SSSR count). The molecular weight excluding hydrogens is 370 g/mol. The first kappa shape index (κ1) is 19.0. The zero-order chi connectivity index (χ0) is 18.6. The van der Waals surface area contributed by atoms with Gasteiger partial charge in [-0.15, -0.1) is 11.3 Å². The quantitative estimate of drug-likeness (QED) is 0.783. The summed E-state index contributed by atoms with van der Waals surface area (Å²) >= 11 is 1.61. The Hall–Kier alpha value is -1.74. The first-order valence-corrected chi connectivity index (χ1v) is 11.0. The zero-order valence-corrected chi connectivity index (χ0v) is 16.3. The normalized spacial score (nSPS) is 18.0. The molecule has 26 heavy (non-hydrogen) atoms. The fourth-order valence-electron chi connectivity index (χ4n) is 2.93. The Morgan fingerprint density at radius 3 is 2.73 bits per heavy atom. The lowest BCUT2D eigenvalue weighted by Crippen LogP contribution is -2.52. The van der Waals surface area contributed by atoms with Gasteiger partial charge in [-0.1, -0.05) is 6.07 Å². The van der Waals surface area contributed by atoms with Crippen molar-refractivity contribution in [2.24, 2.45) is 0 Å². The van der Waals surface area contributed by atoms with E-state index in [9.17, 15) is 13.2 Å². The lowest BCUT2D eigenvalue weighted by atomic mass is 10.1. The SMILES string of the molecule is C[C@H]1CNCCN1C(=O)c1ccc(S(=O)(=O)NCCc2cccs2)cc1. The maximum Gasteiger partial charge on any atom is 0.254 e. The molecule has 2 heterocycles. The van der Waals surface area contributed by atoms with E-state index in [-0.39, 0.29) is 16.8 Å².